The maximum Gasteiger partial charge on any atom is 0.233 e. The van der Waals surface area contributed by atoms with E-state index in [1.165, 1.54) is 18.1 Å². The number of rotatable bonds is 6. The zero-order chi connectivity index (χ0) is 19.6. The van der Waals surface area contributed by atoms with Crippen molar-refractivity contribution in [1.29, 1.82) is 0 Å². The first kappa shape index (κ1) is 19.4. The minimum atomic E-state index is -3.07. The van der Waals surface area contributed by atoms with Crippen LogP contribution in [-0.2, 0) is 21.2 Å². The van der Waals surface area contributed by atoms with Gasteiger partial charge in [-0.25, -0.2) is 18.4 Å². The van der Waals surface area contributed by atoms with Crippen molar-refractivity contribution in [3.05, 3.63) is 53.0 Å². The third-order valence-corrected chi connectivity index (χ3v) is 8.32. The molecule has 146 valence electrons. The molecule has 0 spiro atoms. The van der Waals surface area contributed by atoms with Gasteiger partial charge in [0, 0.05) is 16.3 Å². The zero-order valence-corrected chi connectivity index (χ0v) is 17.5. The predicted octanol–water partition coefficient (Wildman–Crippen LogP) is 3.00. The molecule has 1 aliphatic rings. The molecule has 1 atom stereocenters. The first-order valence-corrected chi connectivity index (χ1v) is 12.6. The van der Waals surface area contributed by atoms with E-state index in [1.807, 2.05) is 41.8 Å². The summed E-state index contributed by atoms with van der Waals surface area (Å²) in [5.74, 6) is 0.340. The number of carbonyl (C=O) groups is 1. The van der Waals surface area contributed by atoms with Crippen molar-refractivity contribution >= 4 is 49.7 Å². The van der Waals surface area contributed by atoms with E-state index in [0.29, 0.717) is 13.0 Å². The van der Waals surface area contributed by atoms with Gasteiger partial charge in [0.2, 0.25) is 5.91 Å². The van der Waals surface area contributed by atoms with Gasteiger partial charge in [0.05, 0.1) is 29.3 Å². The molecular weight excluding hydrogens is 414 g/mol. The zero-order valence-electron chi connectivity index (χ0n) is 15.0. The molecule has 1 aromatic carbocycles. The highest BCUT2D eigenvalue weighted by atomic mass is 32.2. The van der Waals surface area contributed by atoms with Gasteiger partial charge in [-0.1, -0.05) is 36.0 Å². The average molecular weight is 434 g/mol. The molecule has 0 radical (unpaired) electrons. The van der Waals surface area contributed by atoms with Crippen molar-refractivity contribution in [3.63, 3.8) is 0 Å². The lowest BCUT2D eigenvalue weighted by Crippen LogP contribution is -2.41. The van der Waals surface area contributed by atoms with Crippen LogP contribution in [0.25, 0.3) is 10.9 Å². The SMILES string of the molecule is O=C(CSc1ncnc2ccccc12)N(Cc1cccs1)C1CCS(=O)(=O)C1. The summed E-state index contributed by atoms with van der Waals surface area (Å²) in [5, 5.41) is 3.63. The van der Waals surface area contributed by atoms with Crippen LogP contribution in [-0.4, -0.2) is 52.5 Å². The van der Waals surface area contributed by atoms with Gasteiger partial charge in [0.25, 0.3) is 0 Å². The van der Waals surface area contributed by atoms with Crippen LogP contribution >= 0.6 is 23.1 Å². The fraction of sp³-hybridized carbons (Fsp3) is 0.316. The third-order valence-electron chi connectivity index (χ3n) is 4.71. The molecule has 9 heteroatoms. The minimum Gasteiger partial charge on any atom is -0.333 e. The summed E-state index contributed by atoms with van der Waals surface area (Å²) in [6.07, 6.45) is 2.00. The number of aromatic nitrogens is 2. The van der Waals surface area contributed by atoms with Gasteiger partial charge in [-0.05, 0) is 23.9 Å². The monoisotopic (exact) mass is 433 g/mol. The highest BCUT2D eigenvalue weighted by Crippen LogP contribution is 2.27. The number of hydrogen-bond donors (Lipinski definition) is 0. The molecule has 28 heavy (non-hydrogen) atoms. The number of amides is 1. The highest BCUT2D eigenvalue weighted by molar-refractivity contribution is 8.00. The number of sulfone groups is 1. The molecule has 0 N–H and O–H groups in total. The van der Waals surface area contributed by atoms with E-state index in [9.17, 15) is 13.2 Å². The number of para-hydroxylation sites is 1. The predicted molar refractivity (Wildman–Crippen MR) is 112 cm³/mol. The van der Waals surface area contributed by atoms with Gasteiger partial charge >= 0.3 is 0 Å². The number of fused-ring (bicyclic) bond motifs is 1. The molecule has 1 aliphatic heterocycles. The maximum atomic E-state index is 13.0. The van der Waals surface area contributed by atoms with Crippen LogP contribution in [0.5, 0.6) is 0 Å². The van der Waals surface area contributed by atoms with E-state index in [2.05, 4.69) is 9.97 Å². The number of carbonyl (C=O) groups excluding carboxylic acids is 1. The van der Waals surface area contributed by atoms with E-state index in [1.54, 1.807) is 16.2 Å². The topological polar surface area (TPSA) is 80.2 Å². The van der Waals surface area contributed by atoms with Crippen molar-refractivity contribution in [2.45, 2.75) is 24.0 Å². The summed E-state index contributed by atoms with van der Waals surface area (Å²) >= 11 is 2.94. The van der Waals surface area contributed by atoms with Crippen LogP contribution in [0, 0.1) is 0 Å². The van der Waals surface area contributed by atoms with E-state index in [-0.39, 0.29) is 29.2 Å². The van der Waals surface area contributed by atoms with Crippen LogP contribution in [0.4, 0.5) is 0 Å². The molecular formula is C19H19N3O3S3. The number of thioether (sulfide) groups is 1. The lowest BCUT2D eigenvalue weighted by molar-refractivity contribution is -0.130. The number of nitrogens with zero attached hydrogens (tertiary/aromatic N) is 3. The first-order chi connectivity index (χ1) is 13.5. The van der Waals surface area contributed by atoms with Gasteiger partial charge in [-0.3, -0.25) is 4.79 Å². The van der Waals surface area contributed by atoms with Gasteiger partial charge in [-0.15, -0.1) is 11.3 Å². The Labute approximate surface area is 171 Å². The maximum absolute atomic E-state index is 13.0. The van der Waals surface area contributed by atoms with Gasteiger partial charge in [0.1, 0.15) is 11.4 Å². The fourth-order valence-corrected chi connectivity index (χ4v) is 6.63. The van der Waals surface area contributed by atoms with Crippen LogP contribution in [0.1, 0.15) is 11.3 Å². The number of hydrogen-bond acceptors (Lipinski definition) is 7. The van der Waals surface area contributed by atoms with Crippen molar-refractivity contribution in [3.8, 4) is 0 Å². The average Bonchev–Trinajstić information content (AvgIpc) is 3.33. The van der Waals surface area contributed by atoms with Gasteiger partial charge in [-0.2, -0.15) is 0 Å². The second-order valence-corrected chi connectivity index (χ2v) is 10.9. The first-order valence-electron chi connectivity index (χ1n) is 8.87. The second kappa shape index (κ2) is 8.18. The lowest BCUT2D eigenvalue weighted by Gasteiger charge is -2.27. The Balaban J connectivity index is 1.52. The normalized spacial score (nSPS) is 18.4. The Morgan fingerprint density at radius 2 is 2.07 bits per heavy atom. The summed E-state index contributed by atoms with van der Waals surface area (Å²) in [4.78, 5) is 24.4. The molecule has 3 heterocycles. The van der Waals surface area contributed by atoms with Crippen LogP contribution < -0.4 is 0 Å². The molecule has 0 bridgehead atoms. The van der Waals surface area contributed by atoms with E-state index in [4.69, 9.17) is 0 Å². The van der Waals surface area contributed by atoms with E-state index in [0.717, 1.165) is 20.8 Å². The van der Waals surface area contributed by atoms with Crippen LogP contribution in [0.2, 0.25) is 0 Å². The Bertz CT molecular complexity index is 1080. The molecule has 0 aliphatic carbocycles. The summed E-state index contributed by atoms with van der Waals surface area (Å²) in [6.45, 7) is 0.446. The molecule has 0 saturated carbocycles. The molecule has 3 aromatic rings. The molecule has 1 fully saturated rings. The summed E-state index contributed by atoms with van der Waals surface area (Å²) < 4.78 is 23.9. The highest BCUT2D eigenvalue weighted by Gasteiger charge is 2.34. The quantitative estimate of drug-likeness (QED) is 0.439. The molecule has 1 amide bonds. The van der Waals surface area contributed by atoms with E-state index < -0.39 is 9.84 Å². The van der Waals surface area contributed by atoms with Crippen LogP contribution in [0.15, 0.2) is 53.1 Å². The molecule has 2 aromatic heterocycles. The summed E-state index contributed by atoms with van der Waals surface area (Å²) in [6, 6.07) is 11.3. The molecule has 4 rings (SSSR count). The Morgan fingerprint density at radius 1 is 1.21 bits per heavy atom. The Morgan fingerprint density at radius 3 is 2.82 bits per heavy atom. The second-order valence-electron chi connectivity index (χ2n) is 6.64. The molecule has 1 saturated heterocycles. The van der Waals surface area contributed by atoms with Crippen molar-refractivity contribution < 1.29 is 13.2 Å². The third kappa shape index (κ3) is 4.37. The van der Waals surface area contributed by atoms with Gasteiger partial charge in [0.15, 0.2) is 9.84 Å². The number of thiophene rings is 1. The summed E-state index contributed by atoms with van der Waals surface area (Å²) in [5.41, 5.74) is 0.838. The fourth-order valence-electron chi connectivity index (χ4n) is 3.32. The number of benzene rings is 1. The van der Waals surface area contributed by atoms with Crippen molar-refractivity contribution in [1.82, 2.24) is 14.9 Å². The van der Waals surface area contributed by atoms with Crippen molar-refractivity contribution in [2.75, 3.05) is 17.3 Å². The Kier molecular flexibility index (Phi) is 5.65. The molecule has 1 unspecified atom stereocenters. The smallest absolute Gasteiger partial charge is 0.233 e. The standard InChI is InChI=1S/C19H19N3O3S3/c23-18(11-27-19-16-5-1-2-6-17(16)20-13-21-19)22(10-15-4-3-8-26-15)14-7-9-28(24,25)12-14/h1-6,8,13-14H,7,9-12H2. The largest absolute Gasteiger partial charge is 0.333 e. The van der Waals surface area contributed by atoms with Crippen LogP contribution in [0.3, 0.4) is 0 Å². The Hall–Kier alpha value is -1.97. The molecule has 6 nitrogen and oxygen atoms in total. The minimum absolute atomic E-state index is 0.0468. The summed E-state index contributed by atoms with van der Waals surface area (Å²) in [7, 11) is -3.07. The lowest BCUT2D eigenvalue weighted by atomic mass is 10.2. The van der Waals surface area contributed by atoms with Gasteiger partial charge < -0.3 is 4.90 Å². The van der Waals surface area contributed by atoms with Crippen molar-refractivity contribution in [2.24, 2.45) is 0 Å². The van der Waals surface area contributed by atoms with E-state index >= 15 is 0 Å².